The normalized spacial score (nSPS) is 45.5. The molecule has 1 saturated heterocycles. The molecule has 4 aliphatic rings. The van der Waals surface area contributed by atoms with Gasteiger partial charge in [0.15, 0.2) is 0 Å². The van der Waals surface area contributed by atoms with E-state index in [0.29, 0.717) is 17.8 Å². The quantitative estimate of drug-likeness (QED) is 0.574. The number of fused-ring (bicyclic) bond motifs is 5. The molecule has 0 bridgehead atoms. The van der Waals surface area contributed by atoms with Crippen LogP contribution in [-0.2, 0) is 16.0 Å². The standard InChI is InChI=1S/C26H37NO5/c1-14(29)27-22-24(31)23(30)21(13-28)32-25(22)20-10-9-19-18-8-7-15-5-3-4-6-16(15)17(18)11-12-26(19,20)2/h3-6,17-25,28,30-31H,7-13H2,1-2H3,(H,27,29)/t17-,18-,19+,20?,21-,22-,23-,24-,25?,26+/m1/s1. The molecule has 3 fully saturated rings. The molecule has 1 aromatic rings. The number of carbonyl (C=O) groups is 1. The molecule has 5 rings (SSSR count). The van der Waals surface area contributed by atoms with Gasteiger partial charge in [0.25, 0.3) is 0 Å². The van der Waals surface area contributed by atoms with E-state index < -0.39 is 30.5 Å². The lowest BCUT2D eigenvalue weighted by atomic mass is 9.53. The lowest BCUT2D eigenvalue weighted by Crippen LogP contribution is -2.66. The van der Waals surface area contributed by atoms with Crippen molar-refractivity contribution in [1.29, 1.82) is 0 Å². The zero-order valence-corrected chi connectivity index (χ0v) is 19.1. The van der Waals surface area contributed by atoms with Crippen LogP contribution in [0.2, 0.25) is 0 Å². The highest BCUT2D eigenvalue weighted by Crippen LogP contribution is 2.64. The Labute approximate surface area is 190 Å². The number of nitrogens with one attached hydrogen (secondary N) is 1. The molecule has 6 nitrogen and oxygen atoms in total. The minimum absolute atomic E-state index is 0.0524. The van der Waals surface area contributed by atoms with Gasteiger partial charge in [-0.2, -0.15) is 0 Å². The first-order valence-electron chi connectivity index (χ1n) is 12.3. The summed E-state index contributed by atoms with van der Waals surface area (Å²) < 4.78 is 6.25. The van der Waals surface area contributed by atoms with Crippen LogP contribution in [0.4, 0.5) is 0 Å². The van der Waals surface area contributed by atoms with Crippen LogP contribution in [0.25, 0.3) is 0 Å². The van der Waals surface area contributed by atoms with Gasteiger partial charge in [0.05, 0.1) is 18.8 Å². The maximum absolute atomic E-state index is 11.9. The summed E-state index contributed by atoms with van der Waals surface area (Å²) in [5.74, 6) is 1.77. The first-order valence-corrected chi connectivity index (χ1v) is 12.3. The highest BCUT2D eigenvalue weighted by molar-refractivity contribution is 5.73. The molecule has 0 aromatic heterocycles. The van der Waals surface area contributed by atoms with Crippen LogP contribution in [0.5, 0.6) is 0 Å². The number of amides is 1. The number of aliphatic hydroxyl groups excluding tert-OH is 3. The van der Waals surface area contributed by atoms with Gasteiger partial charge in [0.1, 0.15) is 18.3 Å². The van der Waals surface area contributed by atoms with Gasteiger partial charge >= 0.3 is 0 Å². The minimum atomic E-state index is -1.22. The summed E-state index contributed by atoms with van der Waals surface area (Å²) in [7, 11) is 0. The molecule has 2 unspecified atom stereocenters. The zero-order chi connectivity index (χ0) is 22.6. The number of rotatable bonds is 3. The van der Waals surface area contributed by atoms with Gasteiger partial charge in [-0.1, -0.05) is 31.2 Å². The third kappa shape index (κ3) is 3.42. The van der Waals surface area contributed by atoms with E-state index in [-0.39, 0.29) is 23.8 Å². The molecular weight excluding hydrogens is 406 g/mol. The molecule has 1 aliphatic heterocycles. The Morgan fingerprint density at radius 1 is 1.12 bits per heavy atom. The topological polar surface area (TPSA) is 99.0 Å². The lowest BCUT2D eigenvalue weighted by Gasteiger charge is -2.54. The second-order valence-electron chi connectivity index (χ2n) is 10.9. The van der Waals surface area contributed by atoms with Crippen molar-refractivity contribution < 1.29 is 24.9 Å². The second-order valence-corrected chi connectivity index (χ2v) is 10.9. The van der Waals surface area contributed by atoms with Gasteiger partial charge in [0, 0.05) is 6.92 Å². The number of benzene rings is 1. The van der Waals surface area contributed by atoms with Gasteiger partial charge in [0.2, 0.25) is 5.91 Å². The molecule has 0 spiro atoms. The van der Waals surface area contributed by atoms with Crippen LogP contribution in [0, 0.1) is 23.2 Å². The van der Waals surface area contributed by atoms with Crippen molar-refractivity contribution in [2.45, 2.75) is 88.7 Å². The average molecular weight is 444 g/mol. The monoisotopic (exact) mass is 443 g/mol. The summed E-state index contributed by atoms with van der Waals surface area (Å²) in [6.45, 7) is 3.46. The number of aliphatic hydroxyl groups is 3. The van der Waals surface area contributed by atoms with E-state index in [4.69, 9.17) is 4.74 Å². The summed E-state index contributed by atoms with van der Waals surface area (Å²) in [5, 5.41) is 33.9. The number of hydrogen-bond acceptors (Lipinski definition) is 5. The Morgan fingerprint density at radius 3 is 2.62 bits per heavy atom. The van der Waals surface area contributed by atoms with Crippen LogP contribution in [0.3, 0.4) is 0 Å². The largest absolute Gasteiger partial charge is 0.394 e. The Hall–Kier alpha value is -1.47. The molecule has 176 valence electrons. The van der Waals surface area contributed by atoms with Crippen LogP contribution in [0.15, 0.2) is 24.3 Å². The number of hydrogen-bond donors (Lipinski definition) is 4. The van der Waals surface area contributed by atoms with Gasteiger partial charge in [-0.15, -0.1) is 0 Å². The first-order chi connectivity index (χ1) is 15.3. The average Bonchev–Trinajstić information content (AvgIpc) is 3.14. The smallest absolute Gasteiger partial charge is 0.217 e. The first kappa shape index (κ1) is 22.3. The predicted octanol–water partition coefficient (Wildman–Crippen LogP) is 2.15. The zero-order valence-electron chi connectivity index (χ0n) is 19.1. The summed E-state index contributed by atoms with van der Waals surface area (Å²) in [6, 6.07) is 8.25. The Kier molecular flexibility index (Phi) is 5.85. The van der Waals surface area contributed by atoms with E-state index in [0.717, 1.165) is 32.1 Å². The maximum Gasteiger partial charge on any atom is 0.217 e. The van der Waals surface area contributed by atoms with Crippen molar-refractivity contribution in [1.82, 2.24) is 5.32 Å². The van der Waals surface area contributed by atoms with E-state index in [1.165, 1.54) is 24.5 Å². The Balaban J connectivity index is 1.44. The van der Waals surface area contributed by atoms with E-state index in [1.54, 1.807) is 0 Å². The minimum Gasteiger partial charge on any atom is -0.394 e. The molecule has 4 N–H and O–H groups in total. The highest BCUT2D eigenvalue weighted by atomic mass is 16.5. The number of aryl methyl sites for hydroxylation is 1. The lowest BCUT2D eigenvalue weighted by molar-refractivity contribution is -0.217. The van der Waals surface area contributed by atoms with E-state index in [2.05, 4.69) is 36.5 Å². The predicted molar refractivity (Wildman–Crippen MR) is 120 cm³/mol. The third-order valence-electron chi connectivity index (χ3n) is 9.44. The Morgan fingerprint density at radius 2 is 1.88 bits per heavy atom. The molecule has 1 amide bonds. The second kappa shape index (κ2) is 8.39. The molecule has 10 atom stereocenters. The van der Waals surface area contributed by atoms with Crippen LogP contribution < -0.4 is 5.32 Å². The van der Waals surface area contributed by atoms with E-state index in [9.17, 15) is 20.1 Å². The van der Waals surface area contributed by atoms with Crippen LogP contribution >= 0.6 is 0 Å². The summed E-state index contributed by atoms with van der Waals surface area (Å²) >= 11 is 0. The summed E-state index contributed by atoms with van der Waals surface area (Å²) in [4.78, 5) is 11.9. The van der Waals surface area contributed by atoms with Crippen molar-refractivity contribution in [3.8, 4) is 0 Å². The van der Waals surface area contributed by atoms with E-state index in [1.807, 2.05) is 0 Å². The van der Waals surface area contributed by atoms with Gasteiger partial charge in [-0.05, 0) is 78.7 Å². The fourth-order valence-electron chi connectivity index (χ4n) is 7.99. The number of carbonyl (C=O) groups excluding carboxylic acids is 1. The van der Waals surface area contributed by atoms with Crippen molar-refractivity contribution in [2.24, 2.45) is 23.2 Å². The fourth-order valence-corrected chi connectivity index (χ4v) is 7.99. The molecule has 3 aliphatic carbocycles. The van der Waals surface area contributed by atoms with Gasteiger partial charge < -0.3 is 25.4 Å². The van der Waals surface area contributed by atoms with Gasteiger partial charge in [-0.3, -0.25) is 4.79 Å². The molecule has 0 radical (unpaired) electrons. The fraction of sp³-hybridized carbons (Fsp3) is 0.731. The molecule has 32 heavy (non-hydrogen) atoms. The van der Waals surface area contributed by atoms with Gasteiger partial charge in [-0.25, -0.2) is 0 Å². The molecule has 1 aromatic carbocycles. The Bertz CT molecular complexity index is 860. The van der Waals surface area contributed by atoms with Crippen LogP contribution in [0.1, 0.15) is 63.0 Å². The molecule has 1 heterocycles. The summed E-state index contributed by atoms with van der Waals surface area (Å²) in [5.41, 5.74) is 3.10. The third-order valence-corrected chi connectivity index (χ3v) is 9.44. The molecule has 6 heteroatoms. The van der Waals surface area contributed by atoms with E-state index >= 15 is 0 Å². The molecule has 2 saturated carbocycles. The highest BCUT2D eigenvalue weighted by Gasteiger charge is 2.60. The van der Waals surface area contributed by atoms with Crippen molar-refractivity contribution in [3.63, 3.8) is 0 Å². The molecular formula is C26H37NO5. The maximum atomic E-state index is 11.9. The SMILES string of the molecule is CC(=O)N[C@H]1C(C2CC[C@H]3[C@@H]4CCc5ccccc5[C@H]4CC[C@]23C)O[C@H](CO)[C@@H](O)[C@@H]1O. The van der Waals surface area contributed by atoms with Crippen LogP contribution in [-0.4, -0.2) is 58.3 Å². The van der Waals surface area contributed by atoms with Crippen molar-refractivity contribution >= 4 is 5.91 Å². The van der Waals surface area contributed by atoms with Crippen molar-refractivity contribution in [2.75, 3.05) is 6.61 Å². The van der Waals surface area contributed by atoms with Crippen molar-refractivity contribution in [3.05, 3.63) is 35.4 Å². The number of ether oxygens (including phenoxy) is 1. The summed E-state index contributed by atoms with van der Waals surface area (Å²) in [6.07, 6.45) is 3.07.